The Morgan fingerprint density at radius 2 is 2.00 bits per heavy atom. The van der Waals surface area contributed by atoms with Gasteiger partial charge in [0.15, 0.2) is 11.5 Å². The monoisotopic (exact) mass is 472 g/mol. The lowest BCUT2D eigenvalue weighted by atomic mass is 9.94. The lowest BCUT2D eigenvalue weighted by Gasteiger charge is -2.25. The number of fused-ring (bicyclic) bond motifs is 1. The number of aromatic nitrogens is 1. The number of hydrogen-bond donors (Lipinski definition) is 2. The Balaban J connectivity index is 1.70. The van der Waals surface area contributed by atoms with E-state index in [9.17, 15) is 19.8 Å². The van der Waals surface area contributed by atoms with E-state index in [1.807, 2.05) is 6.92 Å². The maximum atomic E-state index is 13.3. The van der Waals surface area contributed by atoms with E-state index < -0.39 is 17.7 Å². The molecule has 35 heavy (non-hydrogen) atoms. The third-order valence-electron chi connectivity index (χ3n) is 6.11. The van der Waals surface area contributed by atoms with Crippen LogP contribution >= 0.6 is 0 Å². The molecule has 5 rings (SSSR count). The number of rotatable bonds is 5. The molecule has 2 aliphatic heterocycles. The van der Waals surface area contributed by atoms with Gasteiger partial charge in [-0.3, -0.25) is 14.5 Å². The first-order chi connectivity index (χ1) is 16.9. The van der Waals surface area contributed by atoms with Crippen LogP contribution in [-0.2, 0) is 16.0 Å². The highest BCUT2D eigenvalue weighted by Crippen LogP contribution is 2.44. The van der Waals surface area contributed by atoms with Crippen molar-refractivity contribution in [2.45, 2.75) is 32.4 Å². The molecular weight excluding hydrogens is 448 g/mol. The van der Waals surface area contributed by atoms with Crippen LogP contribution in [0.1, 0.15) is 36.6 Å². The number of ketones is 1. The molecule has 2 atom stereocenters. The number of ether oxygens (including phenoxy) is 2. The quantitative estimate of drug-likeness (QED) is 0.326. The van der Waals surface area contributed by atoms with E-state index >= 15 is 0 Å². The Bertz CT molecular complexity index is 1350. The second-order valence-corrected chi connectivity index (χ2v) is 8.47. The smallest absolute Gasteiger partial charge is 0.301 e. The highest BCUT2D eigenvalue weighted by molar-refractivity contribution is 6.51. The van der Waals surface area contributed by atoms with Crippen LogP contribution in [0, 0.1) is 0 Å². The van der Waals surface area contributed by atoms with Crippen LogP contribution in [0.5, 0.6) is 17.2 Å². The first kappa shape index (κ1) is 22.5. The van der Waals surface area contributed by atoms with Crippen molar-refractivity contribution < 1.29 is 29.3 Å². The standard InChI is InChI=1S/C27H24N2O6/c1-3-34-21-14-16(7-9-19(21)30)24-23(26(32)27(33)29(24)22-6-4-5-11-28-22)25(31)17-8-10-20-18(13-17)12-15(2)35-20/h4-11,13-15,24,30-31H,3,12H2,1-2H3/b25-23+. The summed E-state index contributed by atoms with van der Waals surface area (Å²) < 4.78 is 11.3. The van der Waals surface area contributed by atoms with Crippen molar-refractivity contribution in [3.8, 4) is 17.2 Å². The maximum Gasteiger partial charge on any atom is 0.301 e. The van der Waals surface area contributed by atoms with E-state index in [2.05, 4.69) is 4.98 Å². The van der Waals surface area contributed by atoms with E-state index in [-0.39, 0.29) is 34.8 Å². The van der Waals surface area contributed by atoms with E-state index in [4.69, 9.17) is 9.47 Å². The number of phenolic OH excluding ortho intramolecular Hbond substituents is 1. The Labute approximate surface area is 202 Å². The van der Waals surface area contributed by atoms with Gasteiger partial charge in [0.2, 0.25) is 0 Å². The van der Waals surface area contributed by atoms with Gasteiger partial charge in [0, 0.05) is 18.2 Å². The lowest BCUT2D eigenvalue weighted by molar-refractivity contribution is -0.132. The van der Waals surface area contributed by atoms with Gasteiger partial charge in [0.25, 0.3) is 5.78 Å². The highest BCUT2D eigenvalue weighted by Gasteiger charge is 2.47. The predicted molar refractivity (Wildman–Crippen MR) is 129 cm³/mol. The van der Waals surface area contributed by atoms with Gasteiger partial charge in [0.05, 0.1) is 18.2 Å². The first-order valence-electron chi connectivity index (χ1n) is 11.4. The van der Waals surface area contributed by atoms with Crippen molar-refractivity contribution in [3.63, 3.8) is 0 Å². The van der Waals surface area contributed by atoms with Crippen molar-refractivity contribution in [2.24, 2.45) is 0 Å². The normalized spacial score (nSPS) is 20.6. The van der Waals surface area contributed by atoms with E-state index in [0.29, 0.717) is 24.2 Å². The Hall–Kier alpha value is -4.33. The summed E-state index contributed by atoms with van der Waals surface area (Å²) in [6.45, 7) is 4.05. The van der Waals surface area contributed by atoms with Crippen LogP contribution < -0.4 is 14.4 Å². The number of benzene rings is 2. The summed E-state index contributed by atoms with van der Waals surface area (Å²) in [7, 11) is 0. The van der Waals surface area contributed by atoms with Crippen LogP contribution in [0.2, 0.25) is 0 Å². The first-order valence-corrected chi connectivity index (χ1v) is 11.4. The number of phenols is 1. The van der Waals surface area contributed by atoms with Crippen molar-refractivity contribution in [1.29, 1.82) is 0 Å². The maximum absolute atomic E-state index is 13.3. The molecule has 0 saturated carbocycles. The lowest BCUT2D eigenvalue weighted by Crippen LogP contribution is -2.30. The van der Waals surface area contributed by atoms with E-state index in [1.54, 1.807) is 55.5 Å². The number of amides is 1. The van der Waals surface area contributed by atoms with E-state index in [0.717, 1.165) is 11.3 Å². The van der Waals surface area contributed by atoms with Crippen LogP contribution in [0.3, 0.4) is 0 Å². The van der Waals surface area contributed by atoms with Crippen molar-refractivity contribution in [1.82, 2.24) is 4.98 Å². The van der Waals surface area contributed by atoms with Gasteiger partial charge in [-0.15, -0.1) is 0 Å². The van der Waals surface area contributed by atoms with Gasteiger partial charge >= 0.3 is 5.91 Å². The molecule has 1 saturated heterocycles. The topological polar surface area (TPSA) is 109 Å². The third kappa shape index (κ3) is 3.86. The Kier molecular flexibility index (Phi) is 5.64. The van der Waals surface area contributed by atoms with Gasteiger partial charge in [-0.05, 0) is 67.4 Å². The molecule has 2 aromatic carbocycles. The average molecular weight is 472 g/mol. The minimum atomic E-state index is -0.979. The highest BCUT2D eigenvalue weighted by atomic mass is 16.5. The number of nitrogens with zero attached hydrogens (tertiary/aromatic N) is 2. The Morgan fingerprint density at radius 1 is 1.17 bits per heavy atom. The zero-order valence-corrected chi connectivity index (χ0v) is 19.3. The largest absolute Gasteiger partial charge is 0.507 e. The number of hydrogen-bond acceptors (Lipinski definition) is 7. The van der Waals surface area contributed by atoms with Crippen molar-refractivity contribution >= 4 is 23.3 Å². The molecule has 0 bridgehead atoms. The number of aromatic hydroxyl groups is 1. The molecule has 3 aromatic rings. The minimum absolute atomic E-state index is 0.0196. The second kappa shape index (κ2) is 8.79. The SMILES string of the molecule is CCOc1cc(C2/C(=C(\O)c3ccc4c(c3)CC(C)O4)C(=O)C(=O)N2c2ccccn2)ccc1O. The number of Topliss-reactive ketones (excluding diaryl/α,β-unsaturated/α-hetero) is 1. The minimum Gasteiger partial charge on any atom is -0.507 e. The van der Waals surface area contributed by atoms with E-state index in [1.165, 1.54) is 17.2 Å². The molecule has 1 aromatic heterocycles. The van der Waals surface area contributed by atoms with Crippen LogP contribution in [0.25, 0.3) is 5.76 Å². The fraction of sp³-hybridized carbons (Fsp3) is 0.222. The summed E-state index contributed by atoms with van der Waals surface area (Å²) in [6, 6.07) is 13.9. The molecule has 0 aliphatic carbocycles. The van der Waals surface area contributed by atoms with Gasteiger partial charge in [0.1, 0.15) is 23.4 Å². The zero-order valence-electron chi connectivity index (χ0n) is 19.3. The number of pyridine rings is 1. The summed E-state index contributed by atoms with van der Waals surface area (Å²) in [5, 5.41) is 21.6. The van der Waals surface area contributed by atoms with Gasteiger partial charge in [-0.2, -0.15) is 0 Å². The Morgan fingerprint density at radius 3 is 2.74 bits per heavy atom. The van der Waals surface area contributed by atoms with Crippen LogP contribution in [0.4, 0.5) is 5.82 Å². The fourth-order valence-corrected chi connectivity index (χ4v) is 4.58. The molecule has 0 radical (unpaired) electrons. The number of aliphatic hydroxyl groups is 1. The molecule has 0 spiro atoms. The van der Waals surface area contributed by atoms with Crippen LogP contribution in [-0.4, -0.2) is 39.6 Å². The molecule has 3 heterocycles. The molecular formula is C27H24N2O6. The molecule has 1 amide bonds. The van der Waals surface area contributed by atoms with Gasteiger partial charge < -0.3 is 19.7 Å². The molecule has 2 N–H and O–H groups in total. The number of carbonyl (C=O) groups is 2. The molecule has 2 unspecified atom stereocenters. The molecule has 1 fully saturated rings. The number of carbonyl (C=O) groups excluding carboxylic acids is 2. The van der Waals surface area contributed by atoms with Gasteiger partial charge in [-0.1, -0.05) is 12.1 Å². The summed E-state index contributed by atoms with van der Waals surface area (Å²) in [6.07, 6.45) is 2.22. The summed E-state index contributed by atoms with van der Waals surface area (Å²) in [4.78, 5) is 32.1. The second-order valence-electron chi connectivity index (χ2n) is 8.47. The summed E-state index contributed by atoms with van der Waals surface area (Å²) in [5.74, 6) is -0.785. The average Bonchev–Trinajstić information content (AvgIpc) is 3.36. The molecule has 8 heteroatoms. The van der Waals surface area contributed by atoms with Crippen LogP contribution in [0.15, 0.2) is 66.4 Å². The molecule has 8 nitrogen and oxygen atoms in total. The molecule has 2 aliphatic rings. The predicted octanol–water partition coefficient (Wildman–Crippen LogP) is 4.14. The number of aliphatic hydroxyl groups excluding tert-OH is 1. The van der Waals surface area contributed by atoms with Gasteiger partial charge in [-0.25, -0.2) is 4.98 Å². The van der Waals surface area contributed by atoms with Crippen molar-refractivity contribution in [2.75, 3.05) is 11.5 Å². The zero-order chi connectivity index (χ0) is 24.7. The third-order valence-corrected chi connectivity index (χ3v) is 6.11. The summed E-state index contributed by atoms with van der Waals surface area (Å²) >= 11 is 0. The molecule has 178 valence electrons. The van der Waals surface area contributed by atoms with Crippen molar-refractivity contribution in [3.05, 3.63) is 83.1 Å². The fourth-order valence-electron chi connectivity index (χ4n) is 4.58. The summed E-state index contributed by atoms with van der Waals surface area (Å²) in [5.41, 5.74) is 1.74. The number of anilines is 1.